The van der Waals surface area contributed by atoms with E-state index < -0.39 is 6.04 Å². The molecule has 112 valence electrons. The van der Waals surface area contributed by atoms with Gasteiger partial charge in [-0.25, -0.2) is 0 Å². The third-order valence-corrected chi connectivity index (χ3v) is 2.81. The maximum atomic E-state index is 11.9. The zero-order chi connectivity index (χ0) is 14.8. The van der Waals surface area contributed by atoms with Crippen LogP contribution in [0.1, 0.15) is 30.1 Å². The Balaban J connectivity index is 2.52. The molecule has 0 aromatic heterocycles. The number of aliphatic hydroxyl groups is 1. The third kappa shape index (κ3) is 5.59. The number of benzene rings is 1. The highest BCUT2D eigenvalue weighted by Gasteiger charge is 2.12. The van der Waals surface area contributed by atoms with Gasteiger partial charge < -0.3 is 19.9 Å². The highest BCUT2D eigenvalue weighted by Crippen LogP contribution is 2.12. The number of carbonyl (C=O) groups excluding carboxylic acids is 1. The molecule has 20 heavy (non-hydrogen) atoms. The van der Waals surface area contributed by atoms with Crippen LogP contribution in [0.3, 0.4) is 0 Å². The van der Waals surface area contributed by atoms with Gasteiger partial charge >= 0.3 is 0 Å². The Morgan fingerprint density at radius 2 is 2.05 bits per heavy atom. The first kappa shape index (κ1) is 16.5. The molecule has 2 N–H and O–H groups in total. The van der Waals surface area contributed by atoms with Crippen LogP contribution in [0.4, 0.5) is 0 Å². The summed E-state index contributed by atoms with van der Waals surface area (Å²) in [5.41, 5.74) is 0.530. The van der Waals surface area contributed by atoms with E-state index in [1.807, 2.05) is 0 Å². The molecule has 0 aliphatic heterocycles. The van der Waals surface area contributed by atoms with E-state index in [0.29, 0.717) is 12.2 Å². The van der Waals surface area contributed by atoms with Gasteiger partial charge in [-0.1, -0.05) is 13.3 Å². The van der Waals surface area contributed by atoms with Gasteiger partial charge in [0.05, 0.1) is 25.9 Å². The second-order valence-electron chi connectivity index (χ2n) is 4.53. The number of hydrogen-bond acceptors (Lipinski definition) is 4. The highest BCUT2D eigenvalue weighted by molar-refractivity contribution is 5.94. The van der Waals surface area contributed by atoms with Gasteiger partial charge in [-0.05, 0) is 30.7 Å². The van der Waals surface area contributed by atoms with Crippen LogP contribution in [0, 0.1) is 0 Å². The molecule has 0 aliphatic rings. The van der Waals surface area contributed by atoms with E-state index in [0.717, 1.165) is 18.6 Å². The number of aliphatic hydroxyl groups excluding tert-OH is 1. The normalized spacial score (nSPS) is 11.9. The largest absolute Gasteiger partial charge is 0.494 e. The first-order valence-electron chi connectivity index (χ1n) is 6.84. The minimum Gasteiger partial charge on any atom is -0.494 e. The number of rotatable bonds is 9. The maximum absolute atomic E-state index is 11.9. The zero-order valence-electron chi connectivity index (χ0n) is 12.1. The van der Waals surface area contributed by atoms with Crippen molar-refractivity contribution in [2.75, 3.05) is 26.9 Å². The lowest BCUT2D eigenvalue weighted by molar-refractivity contribution is 0.0839. The van der Waals surface area contributed by atoms with Crippen LogP contribution in [0.25, 0.3) is 0 Å². The molecular formula is C15H23NO4. The Labute approximate surface area is 119 Å². The Morgan fingerprint density at radius 3 is 2.60 bits per heavy atom. The summed E-state index contributed by atoms with van der Waals surface area (Å²) in [5.74, 6) is 0.520. The summed E-state index contributed by atoms with van der Waals surface area (Å²) in [5, 5.41) is 11.8. The van der Waals surface area contributed by atoms with Crippen molar-refractivity contribution in [1.82, 2.24) is 5.32 Å². The molecule has 1 rings (SSSR count). The predicted molar refractivity (Wildman–Crippen MR) is 77.1 cm³/mol. The van der Waals surface area contributed by atoms with Crippen LogP contribution in [0.5, 0.6) is 5.75 Å². The van der Waals surface area contributed by atoms with Crippen molar-refractivity contribution in [2.45, 2.75) is 25.8 Å². The van der Waals surface area contributed by atoms with Gasteiger partial charge in [0, 0.05) is 12.7 Å². The smallest absolute Gasteiger partial charge is 0.251 e. The molecule has 5 nitrogen and oxygen atoms in total. The number of nitrogens with one attached hydrogen (secondary N) is 1. The third-order valence-electron chi connectivity index (χ3n) is 2.81. The number of amides is 1. The number of hydrogen-bond donors (Lipinski definition) is 2. The number of methoxy groups -OCH3 is 1. The van der Waals surface area contributed by atoms with Crippen LogP contribution in [-0.2, 0) is 4.74 Å². The minimum atomic E-state index is -0.395. The molecule has 1 atom stereocenters. The summed E-state index contributed by atoms with van der Waals surface area (Å²) in [6.45, 7) is 2.91. The van der Waals surface area contributed by atoms with Gasteiger partial charge in [-0.3, -0.25) is 4.79 Å². The van der Waals surface area contributed by atoms with E-state index in [2.05, 4.69) is 12.2 Å². The molecule has 1 unspecified atom stereocenters. The molecule has 1 aromatic rings. The lowest BCUT2D eigenvalue weighted by Gasteiger charge is -2.15. The van der Waals surface area contributed by atoms with Crippen LogP contribution in [0.2, 0.25) is 0 Å². The first-order chi connectivity index (χ1) is 9.71. The topological polar surface area (TPSA) is 67.8 Å². The van der Waals surface area contributed by atoms with E-state index >= 15 is 0 Å². The van der Waals surface area contributed by atoms with Crippen molar-refractivity contribution in [2.24, 2.45) is 0 Å². The summed E-state index contributed by atoms with van der Waals surface area (Å²) in [6, 6.07) is 6.56. The summed E-state index contributed by atoms with van der Waals surface area (Å²) >= 11 is 0. The van der Waals surface area contributed by atoms with Crippen molar-refractivity contribution >= 4 is 5.91 Å². The molecule has 0 radical (unpaired) electrons. The monoisotopic (exact) mass is 281 g/mol. The zero-order valence-corrected chi connectivity index (χ0v) is 12.1. The van der Waals surface area contributed by atoms with E-state index in [-0.39, 0.29) is 19.1 Å². The number of carbonyl (C=O) groups is 1. The van der Waals surface area contributed by atoms with Gasteiger partial charge in [-0.15, -0.1) is 0 Å². The molecule has 0 saturated carbocycles. The second-order valence-corrected chi connectivity index (χ2v) is 4.53. The fourth-order valence-corrected chi connectivity index (χ4v) is 1.65. The van der Waals surface area contributed by atoms with Gasteiger partial charge in [0.2, 0.25) is 0 Å². The number of ether oxygens (including phenoxy) is 2. The average molecular weight is 281 g/mol. The van der Waals surface area contributed by atoms with E-state index in [1.165, 1.54) is 7.11 Å². The van der Waals surface area contributed by atoms with E-state index in [9.17, 15) is 4.79 Å². The summed E-state index contributed by atoms with van der Waals surface area (Å²) < 4.78 is 10.4. The fourth-order valence-electron chi connectivity index (χ4n) is 1.65. The molecule has 0 bridgehead atoms. The van der Waals surface area contributed by atoms with Crippen LogP contribution in [0.15, 0.2) is 24.3 Å². The second kappa shape index (κ2) is 9.34. The molecule has 1 amide bonds. The molecule has 1 aromatic carbocycles. The highest BCUT2D eigenvalue weighted by atomic mass is 16.5. The Morgan fingerprint density at radius 1 is 1.35 bits per heavy atom. The predicted octanol–water partition coefficient (Wildman–Crippen LogP) is 1.60. The molecule has 0 fully saturated rings. The average Bonchev–Trinajstić information content (AvgIpc) is 2.47. The van der Waals surface area contributed by atoms with Crippen molar-refractivity contribution in [3.63, 3.8) is 0 Å². The first-order valence-corrected chi connectivity index (χ1v) is 6.84. The summed E-state index contributed by atoms with van der Waals surface area (Å²) in [6.07, 6.45) is 2.10. The molecule has 0 aliphatic carbocycles. The van der Waals surface area contributed by atoms with Crippen LogP contribution in [-0.4, -0.2) is 44.0 Å². The maximum Gasteiger partial charge on any atom is 0.251 e. The Hall–Kier alpha value is -1.59. The lowest BCUT2D eigenvalue weighted by Crippen LogP contribution is -2.40. The number of unbranched alkanes of at least 4 members (excludes halogenated alkanes) is 1. The lowest BCUT2D eigenvalue weighted by atomic mass is 10.2. The van der Waals surface area contributed by atoms with Crippen molar-refractivity contribution in [3.05, 3.63) is 29.8 Å². The van der Waals surface area contributed by atoms with Gasteiger partial charge in [-0.2, -0.15) is 0 Å². The van der Waals surface area contributed by atoms with Crippen molar-refractivity contribution < 1.29 is 19.4 Å². The van der Waals surface area contributed by atoms with Gasteiger partial charge in [0.1, 0.15) is 5.75 Å². The van der Waals surface area contributed by atoms with E-state index in [4.69, 9.17) is 14.6 Å². The van der Waals surface area contributed by atoms with Crippen molar-refractivity contribution in [3.8, 4) is 5.75 Å². The standard InChI is InChI=1S/C15H23NO4/c1-3-4-9-20-14-7-5-12(6-8-14)15(18)16-13(10-17)11-19-2/h5-8,13,17H,3-4,9-11H2,1-2H3,(H,16,18). The molecule has 0 saturated heterocycles. The fraction of sp³-hybridized carbons (Fsp3) is 0.533. The summed E-state index contributed by atoms with van der Waals surface area (Å²) in [7, 11) is 1.53. The Kier molecular flexibility index (Phi) is 7.69. The SMILES string of the molecule is CCCCOc1ccc(C(=O)NC(CO)COC)cc1. The molecule has 5 heteroatoms. The quantitative estimate of drug-likeness (QED) is 0.675. The molecule has 0 spiro atoms. The van der Waals surface area contributed by atoms with Gasteiger partial charge in [0.15, 0.2) is 0 Å². The Bertz CT molecular complexity index is 391. The molecular weight excluding hydrogens is 258 g/mol. The van der Waals surface area contributed by atoms with Crippen LogP contribution < -0.4 is 10.1 Å². The minimum absolute atomic E-state index is 0.155. The summed E-state index contributed by atoms with van der Waals surface area (Å²) in [4.78, 5) is 11.9. The molecule has 0 heterocycles. The van der Waals surface area contributed by atoms with Gasteiger partial charge in [0.25, 0.3) is 5.91 Å². The van der Waals surface area contributed by atoms with Crippen molar-refractivity contribution in [1.29, 1.82) is 0 Å². The van der Waals surface area contributed by atoms with E-state index in [1.54, 1.807) is 24.3 Å². The van der Waals surface area contributed by atoms with Crippen LogP contribution >= 0.6 is 0 Å².